The second-order valence-corrected chi connectivity index (χ2v) is 8.24. The Morgan fingerprint density at radius 3 is 2.47 bits per heavy atom. The van der Waals surface area contributed by atoms with Gasteiger partial charge in [-0.25, -0.2) is 4.98 Å². The lowest BCUT2D eigenvalue weighted by molar-refractivity contribution is -0.113. The molecule has 1 amide bonds. The molecular formula is C24H20N4OS. The van der Waals surface area contributed by atoms with Crippen molar-refractivity contribution in [3.05, 3.63) is 65.7 Å². The molecule has 1 aromatic heterocycles. The van der Waals surface area contributed by atoms with Gasteiger partial charge in [0.2, 0.25) is 11.1 Å². The number of fused-ring (bicyclic) bond motifs is 3. The zero-order valence-corrected chi connectivity index (χ0v) is 17.6. The number of hydrogen-bond donors (Lipinski definition) is 1. The molecule has 0 bridgehead atoms. The number of benzene rings is 3. The first-order chi connectivity index (χ1) is 14.7. The Morgan fingerprint density at radius 2 is 1.70 bits per heavy atom. The van der Waals surface area contributed by atoms with Crippen LogP contribution in [-0.2, 0) is 11.2 Å². The maximum atomic E-state index is 12.6. The van der Waals surface area contributed by atoms with Gasteiger partial charge in [0, 0.05) is 22.2 Å². The van der Waals surface area contributed by atoms with Crippen molar-refractivity contribution < 1.29 is 4.79 Å². The van der Waals surface area contributed by atoms with Crippen LogP contribution in [0.1, 0.15) is 18.1 Å². The van der Waals surface area contributed by atoms with Crippen molar-refractivity contribution in [2.45, 2.75) is 25.4 Å². The lowest BCUT2D eigenvalue weighted by Crippen LogP contribution is -2.16. The van der Waals surface area contributed by atoms with Crippen molar-refractivity contribution in [3.63, 3.8) is 0 Å². The number of anilines is 1. The monoisotopic (exact) mass is 412 g/mol. The molecule has 30 heavy (non-hydrogen) atoms. The molecule has 148 valence electrons. The van der Waals surface area contributed by atoms with Crippen LogP contribution in [0.15, 0.2) is 59.8 Å². The molecule has 0 fully saturated rings. The Bertz CT molecular complexity index is 1300. The van der Waals surface area contributed by atoms with Crippen molar-refractivity contribution >= 4 is 34.1 Å². The van der Waals surface area contributed by atoms with Crippen LogP contribution in [0.2, 0.25) is 0 Å². The number of aryl methyl sites for hydroxylation is 2. The number of nitrogens with one attached hydrogen (secondary N) is 1. The van der Waals surface area contributed by atoms with Crippen molar-refractivity contribution in [2.24, 2.45) is 0 Å². The largest absolute Gasteiger partial charge is 0.325 e. The average Bonchev–Trinajstić information content (AvgIpc) is 3.09. The SMILES string of the molecule is CCc1cccc(C)c1NC(=O)CSc1nnc2c(n1)-c1cccc3cccc-2c13. The lowest BCUT2D eigenvalue weighted by Gasteiger charge is -2.12. The van der Waals surface area contributed by atoms with Crippen LogP contribution in [0, 0.1) is 6.92 Å². The molecule has 0 saturated heterocycles. The van der Waals surface area contributed by atoms with E-state index >= 15 is 0 Å². The van der Waals surface area contributed by atoms with Gasteiger partial charge in [-0.1, -0.05) is 73.3 Å². The van der Waals surface area contributed by atoms with Gasteiger partial charge in [-0.15, -0.1) is 10.2 Å². The Balaban J connectivity index is 1.36. The topological polar surface area (TPSA) is 67.8 Å². The molecule has 6 heteroatoms. The predicted molar refractivity (Wildman–Crippen MR) is 122 cm³/mol. The summed E-state index contributed by atoms with van der Waals surface area (Å²) in [5.74, 6) is 0.160. The summed E-state index contributed by atoms with van der Waals surface area (Å²) in [5.41, 5.74) is 6.89. The predicted octanol–water partition coefficient (Wildman–Crippen LogP) is 5.27. The van der Waals surface area contributed by atoms with Crippen molar-refractivity contribution in [2.75, 3.05) is 11.1 Å². The molecule has 1 aliphatic rings. The van der Waals surface area contributed by atoms with Crippen LogP contribution in [-0.4, -0.2) is 26.8 Å². The van der Waals surface area contributed by atoms with E-state index in [9.17, 15) is 4.79 Å². The number of amides is 1. The van der Waals surface area contributed by atoms with E-state index in [2.05, 4.69) is 46.7 Å². The van der Waals surface area contributed by atoms with E-state index in [0.717, 1.165) is 45.7 Å². The molecule has 4 aromatic rings. The summed E-state index contributed by atoms with van der Waals surface area (Å²) in [6, 6.07) is 18.4. The zero-order valence-electron chi connectivity index (χ0n) is 16.8. The molecule has 0 unspecified atom stereocenters. The lowest BCUT2D eigenvalue weighted by atomic mass is 10.0. The van der Waals surface area contributed by atoms with Crippen molar-refractivity contribution in [1.82, 2.24) is 15.2 Å². The van der Waals surface area contributed by atoms with Gasteiger partial charge in [0.25, 0.3) is 0 Å². The first kappa shape index (κ1) is 18.8. The zero-order chi connectivity index (χ0) is 20.7. The van der Waals surface area contributed by atoms with E-state index in [1.165, 1.54) is 22.5 Å². The quantitative estimate of drug-likeness (QED) is 0.398. The third kappa shape index (κ3) is 3.13. The van der Waals surface area contributed by atoms with Crippen molar-refractivity contribution in [3.8, 4) is 22.5 Å². The van der Waals surface area contributed by atoms with Gasteiger partial charge in [0.1, 0.15) is 11.4 Å². The van der Waals surface area contributed by atoms with Gasteiger partial charge in [-0.2, -0.15) is 0 Å². The third-order valence-electron chi connectivity index (χ3n) is 5.42. The first-order valence-electron chi connectivity index (χ1n) is 9.94. The molecule has 1 N–H and O–H groups in total. The standard InChI is InChI=1S/C24H20N4OS/c1-3-15-8-4-7-14(2)21(15)25-19(29)13-30-24-26-22-17-11-5-9-16-10-6-12-18(20(16)17)23(22)27-28-24/h4-12H,3,13H2,1-2H3,(H,25,29). The molecule has 3 aromatic carbocycles. The van der Waals surface area contributed by atoms with Crippen LogP contribution < -0.4 is 5.32 Å². The summed E-state index contributed by atoms with van der Waals surface area (Å²) in [4.78, 5) is 17.3. The highest BCUT2D eigenvalue weighted by molar-refractivity contribution is 7.99. The molecule has 5 rings (SSSR count). The molecule has 0 radical (unpaired) electrons. The van der Waals surface area contributed by atoms with Gasteiger partial charge < -0.3 is 5.32 Å². The number of nitrogens with zero attached hydrogens (tertiary/aromatic N) is 3. The van der Waals surface area contributed by atoms with Crippen LogP contribution >= 0.6 is 11.8 Å². The molecule has 0 atom stereocenters. The fourth-order valence-electron chi connectivity index (χ4n) is 3.98. The normalized spacial score (nSPS) is 11.5. The molecular weight excluding hydrogens is 392 g/mol. The number of para-hydroxylation sites is 1. The molecule has 1 aliphatic carbocycles. The smallest absolute Gasteiger partial charge is 0.234 e. The minimum atomic E-state index is -0.0708. The van der Waals surface area contributed by atoms with E-state index < -0.39 is 0 Å². The average molecular weight is 413 g/mol. The van der Waals surface area contributed by atoms with E-state index in [4.69, 9.17) is 4.98 Å². The number of hydrogen-bond acceptors (Lipinski definition) is 5. The summed E-state index contributed by atoms with van der Waals surface area (Å²) in [6.07, 6.45) is 0.869. The first-order valence-corrected chi connectivity index (χ1v) is 10.9. The fraction of sp³-hybridized carbons (Fsp3) is 0.167. The highest BCUT2D eigenvalue weighted by atomic mass is 32.2. The highest BCUT2D eigenvalue weighted by Gasteiger charge is 2.25. The Morgan fingerprint density at radius 1 is 0.967 bits per heavy atom. The highest BCUT2D eigenvalue weighted by Crippen LogP contribution is 2.44. The van der Waals surface area contributed by atoms with Gasteiger partial charge in [0.05, 0.1) is 5.75 Å². The number of aromatic nitrogens is 3. The summed E-state index contributed by atoms with van der Waals surface area (Å²) in [5, 5.41) is 14.6. The van der Waals surface area contributed by atoms with E-state index in [1.54, 1.807) is 0 Å². The van der Waals surface area contributed by atoms with Gasteiger partial charge in [0.15, 0.2) is 0 Å². The summed E-state index contributed by atoms with van der Waals surface area (Å²) < 4.78 is 0. The van der Waals surface area contributed by atoms with E-state index in [-0.39, 0.29) is 11.7 Å². The number of carbonyl (C=O) groups excluding carboxylic acids is 1. The third-order valence-corrected chi connectivity index (χ3v) is 6.26. The molecule has 0 aliphatic heterocycles. The second-order valence-electron chi connectivity index (χ2n) is 7.30. The van der Waals surface area contributed by atoms with Gasteiger partial charge in [-0.3, -0.25) is 4.79 Å². The fourth-order valence-corrected chi connectivity index (χ4v) is 4.57. The van der Waals surface area contributed by atoms with Crippen LogP contribution in [0.4, 0.5) is 5.69 Å². The van der Waals surface area contributed by atoms with Crippen LogP contribution in [0.5, 0.6) is 0 Å². The maximum absolute atomic E-state index is 12.6. The van der Waals surface area contributed by atoms with Gasteiger partial charge in [-0.05, 0) is 29.9 Å². The van der Waals surface area contributed by atoms with Crippen molar-refractivity contribution in [1.29, 1.82) is 0 Å². The van der Waals surface area contributed by atoms with E-state index in [1.807, 2.05) is 37.3 Å². The molecule has 1 heterocycles. The Labute approximate surface area is 179 Å². The van der Waals surface area contributed by atoms with E-state index in [0.29, 0.717) is 5.16 Å². The number of rotatable bonds is 5. The summed E-state index contributed by atoms with van der Waals surface area (Å²) in [6.45, 7) is 4.09. The maximum Gasteiger partial charge on any atom is 0.234 e. The minimum absolute atomic E-state index is 0.0708. The molecule has 5 nitrogen and oxygen atoms in total. The van der Waals surface area contributed by atoms with Crippen LogP contribution in [0.25, 0.3) is 33.3 Å². The molecule has 0 spiro atoms. The van der Waals surface area contributed by atoms with Crippen LogP contribution in [0.3, 0.4) is 0 Å². The summed E-state index contributed by atoms with van der Waals surface area (Å²) in [7, 11) is 0. The molecule has 0 saturated carbocycles. The number of carbonyl (C=O) groups is 1. The minimum Gasteiger partial charge on any atom is -0.325 e. The summed E-state index contributed by atoms with van der Waals surface area (Å²) >= 11 is 1.30. The second kappa shape index (κ2) is 7.54. The Hall–Kier alpha value is -3.25. The van der Waals surface area contributed by atoms with Gasteiger partial charge >= 0.3 is 0 Å². The Kier molecular flexibility index (Phi) is 4.71. The number of thioether (sulfide) groups is 1.